The molecule has 32 heavy (non-hydrogen) atoms. The van der Waals surface area contributed by atoms with E-state index in [-0.39, 0.29) is 11.6 Å². The summed E-state index contributed by atoms with van der Waals surface area (Å²) in [4.78, 5) is 0. The van der Waals surface area contributed by atoms with E-state index >= 15 is 0 Å². The first kappa shape index (κ1) is 21.6. The summed E-state index contributed by atoms with van der Waals surface area (Å²) in [6, 6.07) is 25.6. The molecule has 0 fully saturated rings. The van der Waals surface area contributed by atoms with Gasteiger partial charge in [-0.3, -0.25) is 0 Å². The Balaban J connectivity index is 1.79. The molecule has 0 atom stereocenters. The fourth-order valence-corrected chi connectivity index (χ4v) is 3.72. The highest BCUT2D eigenvalue weighted by molar-refractivity contribution is 5.74. The molecule has 1 aromatic heterocycles. The van der Waals surface area contributed by atoms with Gasteiger partial charge in [0.15, 0.2) is 0 Å². The molecule has 3 aromatic carbocycles. The number of rotatable bonds is 5. The number of nitrogens with zero attached hydrogens (tertiary/aromatic N) is 1. The summed E-state index contributed by atoms with van der Waals surface area (Å²) in [6.07, 6.45) is 4.16. The number of pyridine rings is 1. The molecular weight excluding hydrogens is 400 g/mol. The van der Waals surface area contributed by atoms with Crippen molar-refractivity contribution in [1.29, 1.82) is 0 Å². The average Bonchev–Trinajstić information content (AvgIpc) is 2.80. The number of hydrogen-bond acceptors (Lipinski definition) is 0. The maximum atomic E-state index is 13.5. The van der Waals surface area contributed by atoms with Gasteiger partial charge < -0.3 is 0 Å². The van der Waals surface area contributed by atoms with E-state index < -0.39 is 0 Å². The Bertz CT molecular complexity index is 1240. The highest BCUT2D eigenvalue weighted by Crippen LogP contribution is 2.26. The van der Waals surface area contributed by atoms with E-state index in [0.717, 1.165) is 33.6 Å². The van der Waals surface area contributed by atoms with E-state index in [1.807, 2.05) is 7.05 Å². The van der Waals surface area contributed by atoms with Gasteiger partial charge in [-0.05, 0) is 70.6 Å². The summed E-state index contributed by atoms with van der Waals surface area (Å²) in [5, 5.41) is 0. The van der Waals surface area contributed by atoms with Crippen molar-refractivity contribution in [2.45, 2.75) is 19.8 Å². The Morgan fingerprint density at radius 2 is 1.22 bits per heavy atom. The lowest BCUT2D eigenvalue weighted by Crippen LogP contribution is -2.34. The van der Waals surface area contributed by atoms with Crippen LogP contribution >= 0.6 is 0 Å². The van der Waals surface area contributed by atoms with Gasteiger partial charge in [-0.1, -0.05) is 50.2 Å². The zero-order chi connectivity index (χ0) is 22.7. The van der Waals surface area contributed by atoms with Crippen LogP contribution in [0.4, 0.5) is 8.78 Å². The Morgan fingerprint density at radius 1 is 0.656 bits per heavy atom. The first-order valence-electron chi connectivity index (χ1n) is 10.7. The summed E-state index contributed by atoms with van der Waals surface area (Å²) in [6.45, 7) is 4.37. The van der Waals surface area contributed by atoms with Crippen LogP contribution in [0.3, 0.4) is 0 Å². The van der Waals surface area contributed by atoms with Crippen LogP contribution in [0, 0.1) is 11.6 Å². The summed E-state index contributed by atoms with van der Waals surface area (Å²) >= 11 is 0. The van der Waals surface area contributed by atoms with Crippen LogP contribution in [0.1, 0.15) is 36.6 Å². The van der Waals surface area contributed by atoms with E-state index in [1.165, 1.54) is 29.8 Å². The molecule has 0 N–H and O–H groups in total. The first-order valence-corrected chi connectivity index (χ1v) is 10.7. The van der Waals surface area contributed by atoms with Crippen molar-refractivity contribution < 1.29 is 13.3 Å². The molecule has 0 unspecified atom stereocenters. The van der Waals surface area contributed by atoms with Crippen molar-refractivity contribution in [3.63, 3.8) is 0 Å². The maximum Gasteiger partial charge on any atom is 0.213 e. The molecule has 1 heterocycles. The van der Waals surface area contributed by atoms with Crippen LogP contribution in [-0.4, -0.2) is 0 Å². The number of halogens is 2. The van der Waals surface area contributed by atoms with Gasteiger partial charge in [0.2, 0.25) is 11.4 Å². The number of hydrogen-bond donors (Lipinski definition) is 0. The van der Waals surface area contributed by atoms with Crippen LogP contribution in [0.2, 0.25) is 0 Å². The Morgan fingerprint density at radius 3 is 1.78 bits per heavy atom. The molecule has 0 bridgehead atoms. The Kier molecular flexibility index (Phi) is 6.27. The molecule has 0 aliphatic carbocycles. The van der Waals surface area contributed by atoms with Crippen molar-refractivity contribution >= 4 is 12.2 Å². The molecule has 0 saturated carbocycles. The molecule has 0 radical (unpaired) electrons. The van der Waals surface area contributed by atoms with E-state index in [9.17, 15) is 8.78 Å². The summed E-state index contributed by atoms with van der Waals surface area (Å²) < 4.78 is 29.0. The van der Waals surface area contributed by atoms with Crippen molar-refractivity contribution in [1.82, 2.24) is 0 Å². The van der Waals surface area contributed by atoms with Gasteiger partial charge in [-0.25, -0.2) is 8.78 Å². The molecule has 0 aliphatic heterocycles. The number of aromatic nitrogens is 1. The molecule has 4 aromatic rings. The third kappa shape index (κ3) is 4.83. The lowest BCUT2D eigenvalue weighted by Gasteiger charge is -2.08. The molecule has 3 heteroatoms. The molecule has 0 spiro atoms. The predicted molar refractivity (Wildman–Crippen MR) is 128 cm³/mol. The van der Waals surface area contributed by atoms with Crippen LogP contribution < -0.4 is 4.57 Å². The monoisotopic (exact) mass is 426 g/mol. The van der Waals surface area contributed by atoms with Gasteiger partial charge in [0.1, 0.15) is 18.7 Å². The zero-order valence-corrected chi connectivity index (χ0v) is 18.5. The number of benzene rings is 3. The normalized spacial score (nSPS) is 11.4. The fourth-order valence-electron chi connectivity index (χ4n) is 3.72. The topological polar surface area (TPSA) is 3.88 Å². The van der Waals surface area contributed by atoms with Crippen molar-refractivity contribution in [3.8, 4) is 22.4 Å². The van der Waals surface area contributed by atoms with E-state index in [1.54, 1.807) is 24.3 Å². The minimum atomic E-state index is -0.268. The van der Waals surface area contributed by atoms with Gasteiger partial charge >= 0.3 is 0 Å². The molecule has 4 rings (SSSR count). The van der Waals surface area contributed by atoms with Crippen LogP contribution in [0.25, 0.3) is 34.5 Å². The molecular formula is C29H26F2N+. The van der Waals surface area contributed by atoms with Crippen molar-refractivity contribution in [2.75, 3.05) is 0 Å². The molecule has 160 valence electrons. The Labute approximate surface area is 188 Å². The first-order chi connectivity index (χ1) is 15.4. The van der Waals surface area contributed by atoms with Crippen LogP contribution in [0.5, 0.6) is 0 Å². The maximum absolute atomic E-state index is 13.5. The fraction of sp³-hybridized carbons (Fsp3) is 0.138. The summed E-state index contributed by atoms with van der Waals surface area (Å²) in [5.41, 5.74) is 7.16. The average molecular weight is 427 g/mol. The standard InChI is InChI=1S/C29H26F2N/c1-20(2)22-7-4-21(5-8-22)6-17-28-18-25(23-9-13-26(30)14-10-23)19-29(32(28)3)24-11-15-27(31)16-12-24/h4-20H,1-3H3/q+1/b17-6+. The minimum absolute atomic E-state index is 0.265. The quantitative estimate of drug-likeness (QED) is 0.292. The van der Waals surface area contributed by atoms with E-state index in [2.05, 4.69) is 67.0 Å². The van der Waals surface area contributed by atoms with Crippen LogP contribution in [-0.2, 0) is 7.05 Å². The van der Waals surface area contributed by atoms with Gasteiger partial charge in [0, 0.05) is 23.8 Å². The lowest BCUT2D eigenvalue weighted by molar-refractivity contribution is -0.662. The SMILES string of the molecule is CC(C)c1ccc(/C=C/c2cc(-c3ccc(F)cc3)cc(-c3ccc(F)cc3)[n+]2C)cc1. The summed E-state index contributed by atoms with van der Waals surface area (Å²) in [5.74, 6) is -0.0356. The highest BCUT2D eigenvalue weighted by atomic mass is 19.1. The second kappa shape index (κ2) is 9.27. The zero-order valence-electron chi connectivity index (χ0n) is 18.5. The molecule has 0 saturated heterocycles. The molecule has 0 aliphatic rings. The van der Waals surface area contributed by atoms with Crippen LogP contribution in [0.15, 0.2) is 84.9 Å². The minimum Gasteiger partial charge on any atom is -0.207 e. The molecule has 0 amide bonds. The van der Waals surface area contributed by atoms with Crippen molar-refractivity contribution in [2.24, 2.45) is 7.05 Å². The highest BCUT2D eigenvalue weighted by Gasteiger charge is 2.17. The third-order valence-electron chi connectivity index (χ3n) is 5.71. The van der Waals surface area contributed by atoms with Crippen molar-refractivity contribution in [3.05, 3.63) is 113 Å². The Hall–Kier alpha value is -3.59. The van der Waals surface area contributed by atoms with E-state index in [4.69, 9.17) is 0 Å². The molecule has 1 nitrogen and oxygen atoms in total. The van der Waals surface area contributed by atoms with Gasteiger partial charge in [0.05, 0.1) is 0 Å². The summed E-state index contributed by atoms with van der Waals surface area (Å²) in [7, 11) is 1.99. The van der Waals surface area contributed by atoms with Gasteiger partial charge in [-0.2, -0.15) is 4.57 Å². The lowest BCUT2D eigenvalue weighted by atomic mass is 10.0. The smallest absolute Gasteiger partial charge is 0.207 e. The predicted octanol–water partition coefficient (Wildman–Crippen LogP) is 7.42. The largest absolute Gasteiger partial charge is 0.213 e. The van der Waals surface area contributed by atoms with Gasteiger partial charge in [0.25, 0.3) is 0 Å². The third-order valence-corrected chi connectivity index (χ3v) is 5.71. The van der Waals surface area contributed by atoms with E-state index in [0.29, 0.717) is 5.92 Å². The van der Waals surface area contributed by atoms with Gasteiger partial charge in [-0.15, -0.1) is 0 Å². The second-order valence-corrected chi connectivity index (χ2v) is 8.28. The second-order valence-electron chi connectivity index (χ2n) is 8.28.